The van der Waals surface area contributed by atoms with Gasteiger partial charge in [-0.2, -0.15) is 0 Å². The van der Waals surface area contributed by atoms with E-state index in [1.54, 1.807) is 0 Å². The van der Waals surface area contributed by atoms with Crippen LogP contribution in [0.3, 0.4) is 0 Å². The second-order valence-corrected chi connectivity index (χ2v) is 6.79. The highest BCUT2D eigenvalue weighted by molar-refractivity contribution is 6.20. The van der Waals surface area contributed by atoms with Gasteiger partial charge in [0.2, 0.25) is 0 Å². The summed E-state index contributed by atoms with van der Waals surface area (Å²) in [6, 6.07) is 6.44. The van der Waals surface area contributed by atoms with Crippen LogP contribution in [0.5, 0.6) is 0 Å². The van der Waals surface area contributed by atoms with Gasteiger partial charge in [-0.25, -0.2) is 4.98 Å². The zero-order valence-corrected chi connectivity index (χ0v) is 13.7. The van der Waals surface area contributed by atoms with Crippen molar-refractivity contribution in [3.05, 3.63) is 29.6 Å². The minimum absolute atomic E-state index is 0.0564. The zero-order valence-electron chi connectivity index (χ0n) is 13.0. The van der Waals surface area contributed by atoms with Crippen LogP contribution < -0.4 is 0 Å². The van der Waals surface area contributed by atoms with Crippen LogP contribution in [0.25, 0.3) is 11.0 Å². The number of piperidine rings is 1. The molecule has 0 amide bonds. The van der Waals surface area contributed by atoms with Gasteiger partial charge in [0.25, 0.3) is 0 Å². The number of hydrogen-bond donors (Lipinski definition) is 0. The molecule has 4 heteroatoms. The Balaban J connectivity index is 1.87. The summed E-state index contributed by atoms with van der Waals surface area (Å²) in [4.78, 5) is 7.29. The van der Waals surface area contributed by atoms with Gasteiger partial charge in [-0.15, -0.1) is 11.6 Å². The number of alkyl halides is 1. The van der Waals surface area contributed by atoms with Crippen LogP contribution in [-0.4, -0.2) is 34.1 Å². The molecule has 1 fully saturated rings. The Labute approximate surface area is 131 Å². The number of benzene rings is 1. The van der Waals surface area contributed by atoms with E-state index >= 15 is 0 Å². The lowest BCUT2D eigenvalue weighted by Gasteiger charge is -2.27. The average Bonchev–Trinajstić information content (AvgIpc) is 2.84. The topological polar surface area (TPSA) is 21.1 Å². The first-order valence-corrected chi connectivity index (χ1v) is 8.42. The molecule has 1 atom stereocenters. The maximum Gasteiger partial charge on any atom is 0.127 e. The van der Waals surface area contributed by atoms with Crippen LogP contribution in [-0.2, 0) is 6.54 Å². The molecule has 1 saturated heterocycles. The Bertz CT molecular complexity index is 612. The van der Waals surface area contributed by atoms with Gasteiger partial charge in [-0.1, -0.05) is 12.5 Å². The molecule has 0 aliphatic carbocycles. The molecule has 3 nitrogen and oxygen atoms in total. The summed E-state index contributed by atoms with van der Waals surface area (Å²) in [5.74, 6) is 0.995. The summed E-state index contributed by atoms with van der Waals surface area (Å²) in [6.07, 6.45) is 4.05. The first kappa shape index (κ1) is 14.9. The van der Waals surface area contributed by atoms with Gasteiger partial charge in [0.05, 0.1) is 16.4 Å². The van der Waals surface area contributed by atoms with Crippen molar-refractivity contribution in [1.82, 2.24) is 14.5 Å². The van der Waals surface area contributed by atoms with E-state index in [1.165, 1.54) is 43.4 Å². The number of fused-ring (bicyclic) bond motifs is 1. The van der Waals surface area contributed by atoms with E-state index in [2.05, 4.69) is 34.6 Å². The maximum atomic E-state index is 6.34. The quantitative estimate of drug-likeness (QED) is 0.792. The van der Waals surface area contributed by atoms with Crippen molar-refractivity contribution in [2.45, 2.75) is 45.0 Å². The molecule has 2 heterocycles. The van der Waals surface area contributed by atoms with Gasteiger partial charge in [0, 0.05) is 13.1 Å². The van der Waals surface area contributed by atoms with Gasteiger partial charge in [0.1, 0.15) is 5.82 Å². The number of halogens is 1. The number of aromatic nitrogens is 2. The molecule has 114 valence electrons. The van der Waals surface area contributed by atoms with E-state index in [0.717, 1.165) is 24.4 Å². The Kier molecular flexibility index (Phi) is 4.51. The number of imidazole rings is 1. The van der Waals surface area contributed by atoms with Gasteiger partial charge in [-0.05, 0) is 57.5 Å². The summed E-state index contributed by atoms with van der Waals surface area (Å²) in [5, 5.41) is -0.0564. The van der Waals surface area contributed by atoms with Crippen molar-refractivity contribution >= 4 is 22.6 Å². The van der Waals surface area contributed by atoms with Crippen LogP contribution in [0.1, 0.15) is 43.0 Å². The smallest absolute Gasteiger partial charge is 0.127 e. The third kappa shape index (κ3) is 3.24. The lowest BCUT2D eigenvalue weighted by atomic mass is 10.1. The van der Waals surface area contributed by atoms with Gasteiger partial charge < -0.3 is 9.47 Å². The fourth-order valence-corrected chi connectivity index (χ4v) is 3.38. The average molecular weight is 306 g/mol. The molecule has 3 rings (SSSR count). The standard InChI is InChI=1S/C17H24ClN3/c1-13-6-7-15-16(12-13)21(17(19-15)14(2)18)11-10-20-8-4-3-5-9-20/h6-7,12,14H,3-5,8-11H2,1-2H3. The van der Waals surface area contributed by atoms with Crippen molar-refractivity contribution in [2.24, 2.45) is 0 Å². The predicted molar refractivity (Wildman–Crippen MR) is 89.0 cm³/mol. The molecule has 0 radical (unpaired) electrons. The first-order chi connectivity index (χ1) is 10.1. The predicted octanol–water partition coefficient (Wildman–Crippen LogP) is 4.13. The third-order valence-electron chi connectivity index (χ3n) is 4.38. The van der Waals surface area contributed by atoms with Crippen molar-refractivity contribution in [2.75, 3.05) is 19.6 Å². The van der Waals surface area contributed by atoms with E-state index in [1.807, 2.05) is 6.92 Å². The SMILES string of the molecule is Cc1ccc2nc(C(C)Cl)n(CCN3CCCCC3)c2c1. The number of likely N-dealkylation sites (tertiary alicyclic amines) is 1. The summed E-state index contributed by atoms with van der Waals surface area (Å²) in [6.45, 7) is 8.68. The maximum absolute atomic E-state index is 6.34. The van der Waals surface area contributed by atoms with Crippen LogP contribution in [0.2, 0.25) is 0 Å². The van der Waals surface area contributed by atoms with Crippen LogP contribution >= 0.6 is 11.6 Å². The number of rotatable bonds is 4. The molecule has 0 bridgehead atoms. The largest absolute Gasteiger partial charge is 0.325 e. The normalized spacial score (nSPS) is 18.2. The molecular formula is C17H24ClN3. The Morgan fingerprint density at radius 2 is 1.95 bits per heavy atom. The summed E-state index contributed by atoms with van der Waals surface area (Å²) >= 11 is 6.34. The fourth-order valence-electron chi connectivity index (χ4n) is 3.21. The van der Waals surface area contributed by atoms with Crippen molar-refractivity contribution in [3.63, 3.8) is 0 Å². The summed E-state index contributed by atoms with van der Waals surface area (Å²) in [5.41, 5.74) is 3.55. The van der Waals surface area contributed by atoms with Crippen LogP contribution in [0.15, 0.2) is 18.2 Å². The second-order valence-electron chi connectivity index (χ2n) is 6.13. The molecule has 1 unspecified atom stereocenters. The zero-order chi connectivity index (χ0) is 14.8. The molecule has 1 aliphatic rings. The lowest BCUT2D eigenvalue weighted by Crippen LogP contribution is -2.32. The number of nitrogens with zero attached hydrogens (tertiary/aromatic N) is 3. The Morgan fingerprint density at radius 3 is 2.67 bits per heavy atom. The number of hydrogen-bond acceptors (Lipinski definition) is 2. The molecule has 2 aromatic rings. The van der Waals surface area contributed by atoms with E-state index in [9.17, 15) is 0 Å². The fraction of sp³-hybridized carbons (Fsp3) is 0.588. The molecule has 1 aliphatic heterocycles. The van der Waals surface area contributed by atoms with Crippen LogP contribution in [0.4, 0.5) is 0 Å². The molecular weight excluding hydrogens is 282 g/mol. The molecule has 0 spiro atoms. The van der Waals surface area contributed by atoms with E-state index < -0.39 is 0 Å². The molecule has 0 N–H and O–H groups in total. The van der Waals surface area contributed by atoms with E-state index in [0.29, 0.717) is 0 Å². The van der Waals surface area contributed by atoms with Crippen molar-refractivity contribution in [1.29, 1.82) is 0 Å². The lowest BCUT2D eigenvalue weighted by molar-refractivity contribution is 0.221. The van der Waals surface area contributed by atoms with Crippen LogP contribution in [0, 0.1) is 6.92 Å². The highest BCUT2D eigenvalue weighted by Crippen LogP contribution is 2.25. The molecule has 0 saturated carbocycles. The highest BCUT2D eigenvalue weighted by Gasteiger charge is 2.16. The minimum Gasteiger partial charge on any atom is -0.325 e. The Morgan fingerprint density at radius 1 is 1.19 bits per heavy atom. The highest BCUT2D eigenvalue weighted by atomic mass is 35.5. The third-order valence-corrected chi connectivity index (χ3v) is 4.57. The van der Waals surface area contributed by atoms with Gasteiger partial charge in [-0.3, -0.25) is 0 Å². The molecule has 21 heavy (non-hydrogen) atoms. The monoisotopic (exact) mass is 305 g/mol. The van der Waals surface area contributed by atoms with E-state index in [4.69, 9.17) is 16.6 Å². The van der Waals surface area contributed by atoms with Crippen molar-refractivity contribution in [3.8, 4) is 0 Å². The second kappa shape index (κ2) is 6.37. The number of aryl methyl sites for hydroxylation is 1. The summed E-state index contributed by atoms with van der Waals surface area (Å²) in [7, 11) is 0. The van der Waals surface area contributed by atoms with E-state index in [-0.39, 0.29) is 5.38 Å². The Hall–Kier alpha value is -1.06. The van der Waals surface area contributed by atoms with Crippen molar-refractivity contribution < 1.29 is 0 Å². The summed E-state index contributed by atoms with van der Waals surface area (Å²) < 4.78 is 2.31. The minimum atomic E-state index is -0.0564. The van der Waals surface area contributed by atoms with Gasteiger partial charge in [0.15, 0.2) is 0 Å². The van der Waals surface area contributed by atoms with Gasteiger partial charge >= 0.3 is 0 Å². The molecule has 1 aromatic heterocycles. The first-order valence-electron chi connectivity index (χ1n) is 7.98. The molecule has 1 aromatic carbocycles.